The summed E-state index contributed by atoms with van der Waals surface area (Å²) >= 11 is 5.92. The Balaban J connectivity index is 2.79. The Morgan fingerprint density at radius 2 is 2.21 bits per heavy atom. The SMILES string of the molecule is CC(C)CCC(=O)Nc1ccc(Cl)cc1C#CCN. The van der Waals surface area contributed by atoms with Gasteiger partial charge in [-0.25, -0.2) is 0 Å². The molecule has 0 atom stereocenters. The lowest BCUT2D eigenvalue weighted by molar-refractivity contribution is -0.116. The Morgan fingerprint density at radius 1 is 1.47 bits per heavy atom. The van der Waals surface area contributed by atoms with Crippen molar-refractivity contribution >= 4 is 23.2 Å². The topological polar surface area (TPSA) is 55.1 Å². The summed E-state index contributed by atoms with van der Waals surface area (Å²) in [5, 5.41) is 3.45. The minimum Gasteiger partial charge on any atom is -0.325 e. The standard InChI is InChI=1S/C15H19ClN2O/c1-11(2)5-8-15(19)18-14-7-6-13(16)10-12(14)4-3-9-17/h6-7,10-11H,5,8-9,17H2,1-2H3,(H,18,19). The van der Waals surface area contributed by atoms with Crippen LogP contribution in [0.25, 0.3) is 0 Å². The number of benzene rings is 1. The predicted octanol–water partition coefficient (Wildman–Crippen LogP) is 3.02. The molecule has 0 spiro atoms. The van der Waals surface area contributed by atoms with E-state index in [9.17, 15) is 4.79 Å². The van der Waals surface area contributed by atoms with E-state index in [0.29, 0.717) is 28.6 Å². The van der Waals surface area contributed by atoms with Gasteiger partial charge in [-0.05, 0) is 30.5 Å². The van der Waals surface area contributed by atoms with Crippen molar-refractivity contribution in [3.05, 3.63) is 28.8 Å². The lowest BCUT2D eigenvalue weighted by atomic mass is 10.1. The fourth-order valence-electron chi connectivity index (χ4n) is 1.51. The first kappa shape index (κ1) is 15.6. The van der Waals surface area contributed by atoms with Gasteiger partial charge in [-0.15, -0.1) is 0 Å². The van der Waals surface area contributed by atoms with Gasteiger partial charge in [0.15, 0.2) is 0 Å². The molecule has 102 valence electrons. The number of nitrogens with two attached hydrogens (primary N) is 1. The Hall–Kier alpha value is -1.50. The van der Waals surface area contributed by atoms with Crippen LogP contribution in [0.3, 0.4) is 0 Å². The van der Waals surface area contributed by atoms with Crippen LogP contribution in [0.1, 0.15) is 32.3 Å². The molecule has 0 unspecified atom stereocenters. The molecule has 0 radical (unpaired) electrons. The Labute approximate surface area is 119 Å². The number of nitrogens with one attached hydrogen (secondary N) is 1. The van der Waals surface area contributed by atoms with Crippen LogP contribution >= 0.6 is 11.6 Å². The van der Waals surface area contributed by atoms with Crippen LogP contribution in [-0.4, -0.2) is 12.5 Å². The smallest absolute Gasteiger partial charge is 0.224 e. The van der Waals surface area contributed by atoms with Crippen molar-refractivity contribution in [2.24, 2.45) is 11.7 Å². The molecule has 0 saturated heterocycles. The summed E-state index contributed by atoms with van der Waals surface area (Å²) in [7, 11) is 0. The van der Waals surface area contributed by atoms with E-state index >= 15 is 0 Å². The zero-order chi connectivity index (χ0) is 14.3. The molecule has 1 amide bonds. The maximum atomic E-state index is 11.8. The fourth-order valence-corrected chi connectivity index (χ4v) is 1.68. The van der Waals surface area contributed by atoms with Gasteiger partial charge in [0.25, 0.3) is 0 Å². The van der Waals surface area contributed by atoms with E-state index in [0.717, 1.165) is 6.42 Å². The maximum Gasteiger partial charge on any atom is 0.224 e. The summed E-state index contributed by atoms with van der Waals surface area (Å²) in [5.41, 5.74) is 6.72. The lowest BCUT2D eigenvalue weighted by Crippen LogP contribution is -2.13. The van der Waals surface area contributed by atoms with Crippen molar-refractivity contribution in [1.29, 1.82) is 0 Å². The molecule has 0 heterocycles. The molecule has 1 aromatic carbocycles. The second-order valence-corrected chi connectivity index (χ2v) is 5.11. The lowest BCUT2D eigenvalue weighted by Gasteiger charge is -2.09. The van der Waals surface area contributed by atoms with Crippen LogP contribution in [0.4, 0.5) is 5.69 Å². The van der Waals surface area contributed by atoms with Crippen LogP contribution < -0.4 is 11.1 Å². The van der Waals surface area contributed by atoms with Crippen molar-refractivity contribution in [3.8, 4) is 11.8 Å². The second-order valence-electron chi connectivity index (χ2n) is 4.68. The van der Waals surface area contributed by atoms with Gasteiger partial charge in [-0.3, -0.25) is 4.79 Å². The third-order valence-corrected chi connectivity index (χ3v) is 2.76. The Kier molecular flexibility index (Phi) is 6.41. The van der Waals surface area contributed by atoms with E-state index < -0.39 is 0 Å². The summed E-state index contributed by atoms with van der Waals surface area (Å²) in [6.07, 6.45) is 1.37. The number of rotatable bonds is 4. The molecule has 1 rings (SSSR count). The molecule has 0 aromatic heterocycles. The van der Waals surface area contributed by atoms with E-state index in [4.69, 9.17) is 17.3 Å². The molecule has 19 heavy (non-hydrogen) atoms. The first-order valence-corrected chi connectivity index (χ1v) is 6.69. The summed E-state index contributed by atoms with van der Waals surface area (Å²) in [6, 6.07) is 5.21. The number of halogens is 1. The van der Waals surface area contributed by atoms with Crippen LogP contribution in [0.5, 0.6) is 0 Å². The zero-order valence-electron chi connectivity index (χ0n) is 11.3. The molecule has 0 fully saturated rings. The third-order valence-electron chi connectivity index (χ3n) is 2.53. The van der Waals surface area contributed by atoms with Crippen LogP contribution in [0, 0.1) is 17.8 Å². The summed E-state index contributed by atoms with van der Waals surface area (Å²) < 4.78 is 0. The second kappa shape index (κ2) is 7.83. The van der Waals surface area contributed by atoms with Gasteiger partial charge in [-0.2, -0.15) is 0 Å². The largest absolute Gasteiger partial charge is 0.325 e. The molecular weight excluding hydrogens is 260 g/mol. The molecule has 0 aliphatic rings. The van der Waals surface area contributed by atoms with Crippen molar-refractivity contribution in [1.82, 2.24) is 0 Å². The number of hydrogen-bond donors (Lipinski definition) is 2. The first-order chi connectivity index (χ1) is 9.02. The van der Waals surface area contributed by atoms with Crippen LogP contribution in [-0.2, 0) is 4.79 Å². The van der Waals surface area contributed by atoms with Gasteiger partial charge < -0.3 is 11.1 Å². The van der Waals surface area contributed by atoms with Crippen molar-refractivity contribution < 1.29 is 4.79 Å². The normalized spacial score (nSPS) is 9.95. The highest BCUT2D eigenvalue weighted by Crippen LogP contribution is 2.20. The molecule has 0 bridgehead atoms. The molecule has 3 N–H and O–H groups in total. The molecule has 0 aliphatic carbocycles. The van der Waals surface area contributed by atoms with Gasteiger partial charge >= 0.3 is 0 Å². The van der Waals surface area contributed by atoms with Crippen molar-refractivity contribution in [3.63, 3.8) is 0 Å². The number of carbonyl (C=O) groups excluding carboxylic acids is 1. The maximum absolute atomic E-state index is 11.8. The van der Waals surface area contributed by atoms with Gasteiger partial charge in [-0.1, -0.05) is 37.3 Å². The highest BCUT2D eigenvalue weighted by atomic mass is 35.5. The van der Waals surface area contributed by atoms with E-state index in [1.807, 2.05) is 0 Å². The van der Waals surface area contributed by atoms with E-state index in [2.05, 4.69) is 31.0 Å². The Bertz CT molecular complexity index is 501. The minimum atomic E-state index is -0.00757. The summed E-state index contributed by atoms with van der Waals surface area (Å²) in [5.74, 6) is 6.17. The zero-order valence-corrected chi connectivity index (χ0v) is 12.1. The number of amides is 1. The molecule has 3 nitrogen and oxygen atoms in total. The van der Waals surface area contributed by atoms with Gasteiger partial charge in [0.1, 0.15) is 0 Å². The van der Waals surface area contributed by atoms with Crippen molar-refractivity contribution in [2.45, 2.75) is 26.7 Å². The minimum absolute atomic E-state index is 0.00757. The average Bonchev–Trinajstić information content (AvgIpc) is 2.36. The third kappa shape index (κ3) is 5.78. The monoisotopic (exact) mass is 278 g/mol. The van der Waals surface area contributed by atoms with Gasteiger partial charge in [0.2, 0.25) is 5.91 Å². The quantitative estimate of drug-likeness (QED) is 0.832. The number of hydrogen-bond acceptors (Lipinski definition) is 2. The molecule has 0 saturated carbocycles. The van der Waals surface area contributed by atoms with Crippen LogP contribution in [0.2, 0.25) is 5.02 Å². The molecular formula is C15H19ClN2O. The predicted molar refractivity (Wildman–Crippen MR) is 80.1 cm³/mol. The highest BCUT2D eigenvalue weighted by molar-refractivity contribution is 6.30. The van der Waals surface area contributed by atoms with E-state index in [-0.39, 0.29) is 12.5 Å². The first-order valence-electron chi connectivity index (χ1n) is 6.31. The Morgan fingerprint density at radius 3 is 2.84 bits per heavy atom. The number of carbonyl (C=O) groups is 1. The fraction of sp³-hybridized carbons (Fsp3) is 0.400. The van der Waals surface area contributed by atoms with Crippen molar-refractivity contribution in [2.75, 3.05) is 11.9 Å². The van der Waals surface area contributed by atoms with E-state index in [1.165, 1.54) is 0 Å². The average molecular weight is 279 g/mol. The highest BCUT2D eigenvalue weighted by Gasteiger charge is 2.07. The van der Waals surface area contributed by atoms with Gasteiger partial charge in [0.05, 0.1) is 12.2 Å². The van der Waals surface area contributed by atoms with Crippen LogP contribution in [0.15, 0.2) is 18.2 Å². The van der Waals surface area contributed by atoms with E-state index in [1.54, 1.807) is 18.2 Å². The molecule has 1 aromatic rings. The summed E-state index contributed by atoms with van der Waals surface area (Å²) in [4.78, 5) is 11.8. The molecule has 0 aliphatic heterocycles. The number of anilines is 1. The molecule has 4 heteroatoms. The van der Waals surface area contributed by atoms with Gasteiger partial charge in [0, 0.05) is 17.0 Å². The summed E-state index contributed by atoms with van der Waals surface area (Å²) in [6.45, 7) is 4.45.